The van der Waals surface area contributed by atoms with Gasteiger partial charge in [-0.1, -0.05) is 55.8 Å². The second-order valence-electron chi connectivity index (χ2n) is 5.79. The van der Waals surface area contributed by atoms with E-state index >= 15 is 0 Å². The molecular formula is C21H31N. The Morgan fingerprint density at radius 2 is 1.59 bits per heavy atom. The Bertz CT molecular complexity index is 477. The van der Waals surface area contributed by atoms with Gasteiger partial charge in [0.05, 0.1) is 0 Å². The highest BCUT2D eigenvalue weighted by molar-refractivity contribution is 5.92. The smallest absolute Gasteiger partial charge is 0.0392 e. The van der Waals surface area contributed by atoms with E-state index in [1.807, 2.05) is 25.2 Å². The third-order valence-electron chi connectivity index (χ3n) is 3.72. The van der Waals surface area contributed by atoms with Crippen LogP contribution < -0.4 is 0 Å². The molecule has 0 aliphatic rings. The molecular weight excluding hydrogens is 266 g/mol. The Morgan fingerprint density at radius 3 is 2.18 bits per heavy atom. The van der Waals surface area contributed by atoms with E-state index in [0.717, 1.165) is 25.1 Å². The molecule has 0 saturated carbocycles. The van der Waals surface area contributed by atoms with Crippen LogP contribution in [-0.2, 0) is 12.8 Å². The molecule has 0 aliphatic heterocycles. The van der Waals surface area contributed by atoms with Crippen molar-refractivity contribution in [2.24, 2.45) is 4.99 Å². The third kappa shape index (κ3) is 8.61. The Balaban J connectivity index is 2.22. The number of aryl methyl sites for hydroxylation is 2. The third-order valence-corrected chi connectivity index (χ3v) is 3.72. The Labute approximate surface area is 136 Å². The lowest BCUT2D eigenvalue weighted by atomic mass is 10.0. The van der Waals surface area contributed by atoms with Crippen LogP contribution in [0.25, 0.3) is 0 Å². The van der Waals surface area contributed by atoms with Gasteiger partial charge in [-0.3, -0.25) is 4.99 Å². The number of hydrogen-bond acceptors (Lipinski definition) is 1. The SMILES string of the molecule is C\C=C/C=C\C(C)=N\CCCCc1ccc(CCCC)cc1. The normalized spacial score (nSPS) is 12.6. The number of allylic oxidation sites excluding steroid dienone is 4. The fourth-order valence-electron chi connectivity index (χ4n) is 2.31. The first-order valence-electron chi connectivity index (χ1n) is 8.64. The van der Waals surface area contributed by atoms with Gasteiger partial charge in [0.15, 0.2) is 0 Å². The average Bonchev–Trinajstić information content (AvgIpc) is 2.54. The highest BCUT2D eigenvalue weighted by Gasteiger charge is 1.96. The summed E-state index contributed by atoms with van der Waals surface area (Å²) in [4.78, 5) is 4.57. The Hall–Kier alpha value is -1.63. The lowest BCUT2D eigenvalue weighted by Gasteiger charge is -2.03. The van der Waals surface area contributed by atoms with Gasteiger partial charge in [0, 0.05) is 12.3 Å². The van der Waals surface area contributed by atoms with Crippen molar-refractivity contribution >= 4 is 5.71 Å². The molecule has 1 rings (SSSR count). The summed E-state index contributed by atoms with van der Waals surface area (Å²) in [7, 11) is 0. The van der Waals surface area contributed by atoms with Crippen LogP contribution in [0.5, 0.6) is 0 Å². The molecule has 1 nitrogen and oxygen atoms in total. The van der Waals surface area contributed by atoms with Gasteiger partial charge in [0.1, 0.15) is 0 Å². The molecule has 0 amide bonds. The maximum atomic E-state index is 4.57. The Kier molecular flexibility index (Phi) is 10.0. The summed E-state index contributed by atoms with van der Waals surface area (Å²) in [5, 5.41) is 0. The van der Waals surface area contributed by atoms with Crippen molar-refractivity contribution in [3.05, 3.63) is 59.7 Å². The maximum absolute atomic E-state index is 4.57. The predicted molar refractivity (Wildman–Crippen MR) is 99.9 cm³/mol. The molecule has 22 heavy (non-hydrogen) atoms. The molecule has 0 atom stereocenters. The first-order valence-corrected chi connectivity index (χ1v) is 8.64. The number of aliphatic imine (C=N–C) groups is 1. The number of rotatable bonds is 10. The van der Waals surface area contributed by atoms with Crippen LogP contribution in [0.15, 0.2) is 53.6 Å². The highest BCUT2D eigenvalue weighted by atomic mass is 14.7. The quantitative estimate of drug-likeness (QED) is 0.288. The fraction of sp³-hybridized carbons (Fsp3) is 0.476. The van der Waals surface area contributed by atoms with Gasteiger partial charge in [-0.25, -0.2) is 0 Å². The van der Waals surface area contributed by atoms with Crippen LogP contribution in [0.2, 0.25) is 0 Å². The fourth-order valence-corrected chi connectivity index (χ4v) is 2.31. The van der Waals surface area contributed by atoms with E-state index in [4.69, 9.17) is 0 Å². The second-order valence-corrected chi connectivity index (χ2v) is 5.79. The van der Waals surface area contributed by atoms with Crippen LogP contribution in [0, 0.1) is 0 Å². The summed E-state index contributed by atoms with van der Waals surface area (Å²) in [6, 6.07) is 9.16. The zero-order chi connectivity index (χ0) is 16.0. The summed E-state index contributed by atoms with van der Waals surface area (Å²) in [6.45, 7) is 7.26. The van der Waals surface area contributed by atoms with Crippen molar-refractivity contribution in [2.75, 3.05) is 6.54 Å². The van der Waals surface area contributed by atoms with E-state index in [1.165, 1.54) is 36.8 Å². The minimum Gasteiger partial charge on any atom is -0.290 e. The van der Waals surface area contributed by atoms with Crippen LogP contribution in [-0.4, -0.2) is 12.3 Å². The molecule has 0 saturated heterocycles. The van der Waals surface area contributed by atoms with Gasteiger partial charge in [-0.15, -0.1) is 0 Å². The van der Waals surface area contributed by atoms with Crippen molar-refractivity contribution in [2.45, 2.75) is 59.3 Å². The molecule has 0 radical (unpaired) electrons. The van der Waals surface area contributed by atoms with E-state index in [-0.39, 0.29) is 0 Å². The molecule has 0 aromatic heterocycles. The van der Waals surface area contributed by atoms with Gasteiger partial charge in [-0.05, 0) is 63.2 Å². The maximum Gasteiger partial charge on any atom is 0.0392 e. The van der Waals surface area contributed by atoms with E-state index in [0.29, 0.717) is 0 Å². The van der Waals surface area contributed by atoms with Crippen molar-refractivity contribution in [3.8, 4) is 0 Å². The zero-order valence-corrected chi connectivity index (χ0v) is 14.5. The van der Waals surface area contributed by atoms with Crippen molar-refractivity contribution in [1.82, 2.24) is 0 Å². The molecule has 1 aromatic rings. The van der Waals surface area contributed by atoms with Gasteiger partial charge >= 0.3 is 0 Å². The first kappa shape index (κ1) is 18.4. The predicted octanol–water partition coefficient (Wildman–Crippen LogP) is 5.95. The van der Waals surface area contributed by atoms with Gasteiger partial charge in [-0.2, -0.15) is 0 Å². The van der Waals surface area contributed by atoms with Gasteiger partial charge < -0.3 is 0 Å². The second kappa shape index (κ2) is 12.0. The molecule has 0 fully saturated rings. The molecule has 0 unspecified atom stereocenters. The molecule has 0 aliphatic carbocycles. The molecule has 0 N–H and O–H groups in total. The minimum absolute atomic E-state index is 0.931. The van der Waals surface area contributed by atoms with Gasteiger partial charge in [0.2, 0.25) is 0 Å². The summed E-state index contributed by atoms with van der Waals surface area (Å²) < 4.78 is 0. The van der Waals surface area contributed by atoms with Crippen LogP contribution in [0.4, 0.5) is 0 Å². The van der Waals surface area contributed by atoms with E-state index in [9.17, 15) is 0 Å². The van der Waals surface area contributed by atoms with Crippen molar-refractivity contribution in [1.29, 1.82) is 0 Å². The van der Waals surface area contributed by atoms with Crippen LogP contribution in [0.3, 0.4) is 0 Å². The number of hydrogen-bond donors (Lipinski definition) is 0. The highest BCUT2D eigenvalue weighted by Crippen LogP contribution is 2.10. The van der Waals surface area contributed by atoms with E-state index in [2.05, 4.69) is 49.2 Å². The monoisotopic (exact) mass is 297 g/mol. The first-order chi connectivity index (χ1) is 10.8. The molecule has 0 spiro atoms. The zero-order valence-electron chi connectivity index (χ0n) is 14.5. The lowest BCUT2D eigenvalue weighted by molar-refractivity contribution is 0.744. The summed E-state index contributed by atoms with van der Waals surface area (Å²) in [6.07, 6.45) is 15.5. The minimum atomic E-state index is 0.931. The number of unbranched alkanes of at least 4 members (excludes halogenated alkanes) is 2. The van der Waals surface area contributed by atoms with Crippen molar-refractivity contribution < 1.29 is 0 Å². The van der Waals surface area contributed by atoms with E-state index in [1.54, 1.807) is 0 Å². The molecule has 120 valence electrons. The lowest BCUT2D eigenvalue weighted by Crippen LogP contribution is -1.92. The van der Waals surface area contributed by atoms with Gasteiger partial charge in [0.25, 0.3) is 0 Å². The largest absolute Gasteiger partial charge is 0.290 e. The average molecular weight is 297 g/mol. The number of benzene rings is 1. The standard InChI is InChI=1S/C21H31N/c1-4-6-8-11-19(3)22-18-10-9-13-21-16-14-20(15-17-21)12-7-5-2/h4,6,8,11,14-17H,5,7,9-10,12-13,18H2,1-3H3/b6-4-,11-8-,22-19+. The van der Waals surface area contributed by atoms with Crippen LogP contribution in [0.1, 0.15) is 57.6 Å². The van der Waals surface area contributed by atoms with Crippen LogP contribution >= 0.6 is 0 Å². The Morgan fingerprint density at radius 1 is 0.955 bits per heavy atom. The molecule has 1 aromatic carbocycles. The summed E-state index contributed by atoms with van der Waals surface area (Å²) in [5.41, 5.74) is 4.03. The summed E-state index contributed by atoms with van der Waals surface area (Å²) in [5.74, 6) is 0. The number of nitrogens with zero attached hydrogens (tertiary/aromatic N) is 1. The topological polar surface area (TPSA) is 12.4 Å². The molecule has 0 bridgehead atoms. The molecule has 0 heterocycles. The van der Waals surface area contributed by atoms with Crippen molar-refractivity contribution in [3.63, 3.8) is 0 Å². The summed E-state index contributed by atoms with van der Waals surface area (Å²) >= 11 is 0. The van der Waals surface area contributed by atoms with E-state index < -0.39 is 0 Å². The molecule has 1 heteroatoms.